The SMILES string of the molecule is CCCC(=O)Nc1ccc(OC(C)=O)c(C(=O)Nc2[nH+]cc(N=O)s2)c1. The van der Waals surface area contributed by atoms with Gasteiger partial charge in [-0.15, -0.1) is 4.91 Å². The van der Waals surface area contributed by atoms with Gasteiger partial charge < -0.3 is 10.1 Å². The molecular weight excluding hydrogens is 360 g/mol. The number of benzene rings is 1. The predicted octanol–water partition coefficient (Wildman–Crippen LogP) is 2.88. The minimum atomic E-state index is -0.586. The van der Waals surface area contributed by atoms with E-state index in [-0.39, 0.29) is 22.2 Å². The number of rotatable bonds is 7. The Morgan fingerprint density at radius 2 is 2.04 bits per heavy atom. The summed E-state index contributed by atoms with van der Waals surface area (Å²) in [5, 5.41) is 8.45. The number of carbonyl (C=O) groups is 3. The first-order chi connectivity index (χ1) is 12.4. The second-order valence-electron chi connectivity index (χ2n) is 5.21. The molecule has 1 aromatic heterocycles. The minimum absolute atomic E-state index is 0.0498. The van der Waals surface area contributed by atoms with Crippen LogP contribution in [0.3, 0.4) is 0 Å². The van der Waals surface area contributed by atoms with Crippen molar-refractivity contribution in [1.29, 1.82) is 0 Å². The fraction of sp³-hybridized carbons (Fsp3) is 0.250. The van der Waals surface area contributed by atoms with Crippen molar-refractivity contribution < 1.29 is 24.1 Å². The van der Waals surface area contributed by atoms with E-state index in [1.807, 2.05) is 6.92 Å². The number of ether oxygens (including phenoxy) is 1. The number of esters is 1. The molecule has 3 N–H and O–H groups in total. The maximum absolute atomic E-state index is 12.5. The molecule has 0 saturated heterocycles. The maximum atomic E-state index is 12.5. The van der Waals surface area contributed by atoms with Crippen molar-refractivity contribution in [3.8, 4) is 5.75 Å². The van der Waals surface area contributed by atoms with Crippen molar-refractivity contribution in [2.75, 3.05) is 10.6 Å². The van der Waals surface area contributed by atoms with E-state index in [0.29, 0.717) is 23.7 Å². The number of amides is 2. The van der Waals surface area contributed by atoms with E-state index >= 15 is 0 Å². The van der Waals surface area contributed by atoms with Crippen LogP contribution in [0.25, 0.3) is 0 Å². The van der Waals surface area contributed by atoms with Crippen LogP contribution in [0.5, 0.6) is 5.75 Å². The maximum Gasteiger partial charge on any atom is 0.343 e. The monoisotopic (exact) mass is 377 g/mol. The van der Waals surface area contributed by atoms with Gasteiger partial charge in [-0.3, -0.25) is 9.59 Å². The minimum Gasteiger partial charge on any atom is -0.426 e. The zero-order valence-electron chi connectivity index (χ0n) is 14.1. The summed E-state index contributed by atoms with van der Waals surface area (Å²) >= 11 is 0.953. The van der Waals surface area contributed by atoms with E-state index < -0.39 is 11.9 Å². The van der Waals surface area contributed by atoms with Crippen molar-refractivity contribution in [3.63, 3.8) is 0 Å². The molecule has 0 aliphatic heterocycles. The Morgan fingerprint density at radius 1 is 1.27 bits per heavy atom. The molecule has 0 saturated carbocycles. The van der Waals surface area contributed by atoms with Gasteiger partial charge in [0.2, 0.25) is 10.9 Å². The number of thiazole rings is 1. The molecule has 9 nitrogen and oxygen atoms in total. The third-order valence-corrected chi connectivity index (χ3v) is 3.91. The Labute approximate surface area is 152 Å². The second-order valence-corrected chi connectivity index (χ2v) is 6.24. The lowest BCUT2D eigenvalue weighted by molar-refractivity contribution is -0.353. The number of aromatic nitrogens is 1. The molecule has 1 aromatic carbocycles. The Hall–Kier alpha value is -3.14. The van der Waals surface area contributed by atoms with Gasteiger partial charge in [-0.2, -0.15) is 5.32 Å². The molecule has 1 heterocycles. The Morgan fingerprint density at radius 3 is 2.65 bits per heavy atom. The predicted molar refractivity (Wildman–Crippen MR) is 95.6 cm³/mol. The first-order valence-electron chi connectivity index (χ1n) is 7.71. The topological polar surface area (TPSA) is 128 Å². The highest BCUT2D eigenvalue weighted by Gasteiger charge is 2.22. The van der Waals surface area contributed by atoms with Gasteiger partial charge in [0.25, 0.3) is 0 Å². The van der Waals surface area contributed by atoms with Gasteiger partial charge >= 0.3 is 17.0 Å². The summed E-state index contributed by atoms with van der Waals surface area (Å²) in [5.74, 6) is -1.30. The smallest absolute Gasteiger partial charge is 0.343 e. The number of anilines is 2. The van der Waals surface area contributed by atoms with Gasteiger partial charge in [0.15, 0.2) is 0 Å². The van der Waals surface area contributed by atoms with Crippen LogP contribution in [0.15, 0.2) is 29.6 Å². The van der Waals surface area contributed by atoms with Gasteiger partial charge in [0, 0.05) is 19.0 Å². The third kappa shape index (κ3) is 5.18. The van der Waals surface area contributed by atoms with Crippen LogP contribution in [0, 0.1) is 4.91 Å². The fourth-order valence-electron chi connectivity index (χ4n) is 2.05. The number of aromatic amines is 1. The number of hydrogen-bond donors (Lipinski definition) is 2. The lowest BCUT2D eigenvalue weighted by Gasteiger charge is -2.10. The Kier molecular flexibility index (Phi) is 6.50. The Balaban J connectivity index is 2.28. The molecule has 10 heteroatoms. The molecule has 2 rings (SSSR count). The van der Waals surface area contributed by atoms with Crippen LogP contribution < -0.4 is 20.4 Å². The quantitative estimate of drug-likeness (QED) is 0.435. The lowest BCUT2D eigenvalue weighted by atomic mass is 10.1. The second kappa shape index (κ2) is 8.81. The summed E-state index contributed by atoms with van der Waals surface area (Å²) in [6, 6.07) is 4.37. The first kappa shape index (κ1) is 19.2. The number of hydrogen-bond acceptors (Lipinski definition) is 7. The van der Waals surface area contributed by atoms with Crippen molar-refractivity contribution >= 4 is 44.9 Å². The molecular formula is C16H17N4O5S+. The molecule has 136 valence electrons. The van der Waals surface area contributed by atoms with E-state index in [4.69, 9.17) is 4.74 Å². The van der Waals surface area contributed by atoms with Gasteiger partial charge in [0.05, 0.1) is 0 Å². The highest BCUT2D eigenvalue weighted by Crippen LogP contribution is 2.26. The number of carbonyl (C=O) groups excluding carboxylic acids is 3. The molecule has 2 amide bonds. The number of nitrogens with one attached hydrogen (secondary N) is 3. The summed E-state index contributed by atoms with van der Waals surface area (Å²) in [4.78, 5) is 48.7. The van der Waals surface area contributed by atoms with Gasteiger partial charge in [0.1, 0.15) is 17.5 Å². The molecule has 0 spiro atoms. The summed E-state index contributed by atoms with van der Waals surface area (Å²) in [7, 11) is 0. The molecule has 2 aromatic rings. The van der Waals surface area contributed by atoms with E-state index in [1.165, 1.54) is 31.3 Å². The van der Waals surface area contributed by atoms with Gasteiger partial charge in [-0.1, -0.05) is 6.92 Å². The summed E-state index contributed by atoms with van der Waals surface area (Å²) < 4.78 is 5.05. The standard InChI is InChI=1S/C16H16N4O5S/c1-3-4-13(22)18-10-5-6-12(25-9(2)21)11(7-10)15(23)19-16-17-8-14(20-24)26-16/h5-8H,3-4H2,1-2H3,(H,18,22)(H,17,19,23)/p+1. The largest absolute Gasteiger partial charge is 0.426 e. The van der Waals surface area contributed by atoms with Crippen molar-refractivity contribution in [2.45, 2.75) is 26.7 Å². The third-order valence-electron chi connectivity index (χ3n) is 3.09. The molecule has 0 atom stereocenters. The molecule has 0 fully saturated rings. The zero-order valence-corrected chi connectivity index (χ0v) is 14.9. The molecule has 0 aliphatic carbocycles. The van der Waals surface area contributed by atoms with Crippen molar-refractivity contribution in [1.82, 2.24) is 0 Å². The normalized spacial score (nSPS) is 10.1. The van der Waals surface area contributed by atoms with Crippen molar-refractivity contribution in [3.05, 3.63) is 34.9 Å². The molecule has 0 unspecified atom stereocenters. The van der Waals surface area contributed by atoms with E-state index in [1.54, 1.807) is 0 Å². The van der Waals surface area contributed by atoms with Crippen LogP contribution in [0.4, 0.5) is 15.8 Å². The molecule has 26 heavy (non-hydrogen) atoms. The molecule has 0 aliphatic rings. The Bertz CT molecular complexity index is 849. The summed E-state index contributed by atoms with van der Waals surface area (Å²) in [5.41, 5.74) is 0.451. The van der Waals surface area contributed by atoms with Crippen LogP contribution in [-0.4, -0.2) is 17.8 Å². The highest BCUT2D eigenvalue weighted by atomic mass is 32.1. The van der Waals surface area contributed by atoms with Crippen molar-refractivity contribution in [2.24, 2.45) is 5.18 Å². The summed E-state index contributed by atoms with van der Waals surface area (Å²) in [6.07, 6.45) is 2.38. The highest BCUT2D eigenvalue weighted by molar-refractivity contribution is 7.18. The first-order valence-corrected chi connectivity index (χ1v) is 8.53. The van der Waals surface area contributed by atoms with Crippen LogP contribution in [-0.2, 0) is 9.59 Å². The number of nitrogens with zero attached hydrogens (tertiary/aromatic N) is 1. The lowest BCUT2D eigenvalue weighted by Crippen LogP contribution is -2.19. The number of nitroso groups, excluding NO2 is 1. The van der Waals surface area contributed by atoms with E-state index in [0.717, 1.165) is 11.3 Å². The average molecular weight is 377 g/mol. The molecule has 0 radical (unpaired) electrons. The van der Waals surface area contributed by atoms with Gasteiger partial charge in [-0.05, 0) is 41.1 Å². The average Bonchev–Trinajstić information content (AvgIpc) is 3.03. The van der Waals surface area contributed by atoms with E-state index in [9.17, 15) is 19.3 Å². The van der Waals surface area contributed by atoms with Crippen LogP contribution in [0.2, 0.25) is 0 Å². The van der Waals surface area contributed by atoms with Crippen LogP contribution in [0.1, 0.15) is 37.0 Å². The fourth-order valence-corrected chi connectivity index (χ4v) is 2.67. The van der Waals surface area contributed by atoms with Crippen LogP contribution >= 0.6 is 11.3 Å². The van der Waals surface area contributed by atoms with E-state index in [2.05, 4.69) is 20.8 Å². The van der Waals surface area contributed by atoms with Gasteiger partial charge in [-0.25, -0.2) is 9.78 Å². The number of H-pyrrole nitrogens is 1. The summed E-state index contributed by atoms with van der Waals surface area (Å²) in [6.45, 7) is 3.09. The molecule has 0 bridgehead atoms. The zero-order chi connectivity index (χ0) is 19.1.